The van der Waals surface area contributed by atoms with Gasteiger partial charge in [-0.05, 0) is 60.0 Å². The topological polar surface area (TPSA) is 97.4 Å². The van der Waals surface area contributed by atoms with Crippen LogP contribution in [0.4, 0.5) is 11.4 Å². The van der Waals surface area contributed by atoms with Gasteiger partial charge in [-0.3, -0.25) is 14.5 Å². The monoisotopic (exact) mass is 459 g/mol. The minimum Gasteiger partial charge on any atom is -0.495 e. The largest absolute Gasteiger partial charge is 0.495 e. The Morgan fingerprint density at radius 2 is 1.74 bits per heavy atom. The minimum absolute atomic E-state index is 0.113. The van der Waals surface area contributed by atoms with Crippen molar-refractivity contribution in [1.82, 2.24) is 4.98 Å². The van der Waals surface area contributed by atoms with Gasteiger partial charge in [-0.1, -0.05) is 25.4 Å². The molecule has 9 heteroatoms. The number of aromatic nitrogens is 1. The summed E-state index contributed by atoms with van der Waals surface area (Å²) >= 11 is 5.86. The average molecular weight is 460 g/mol. The molecule has 31 heavy (non-hydrogen) atoms. The highest BCUT2D eigenvalue weighted by molar-refractivity contribution is 7.92. The van der Waals surface area contributed by atoms with E-state index in [1.54, 1.807) is 42.6 Å². The number of carbonyl (C=O) groups is 1. The fourth-order valence-electron chi connectivity index (χ4n) is 2.99. The number of amides is 1. The van der Waals surface area contributed by atoms with Crippen LogP contribution in [0.25, 0.3) is 0 Å². The number of sulfonamides is 1. The van der Waals surface area contributed by atoms with Gasteiger partial charge in [0.15, 0.2) is 0 Å². The Bertz CT molecular complexity index is 1200. The molecule has 1 amide bonds. The number of ether oxygens (including phenoxy) is 1. The highest BCUT2D eigenvalue weighted by Crippen LogP contribution is 2.30. The highest BCUT2D eigenvalue weighted by atomic mass is 35.5. The maximum absolute atomic E-state index is 13.0. The Balaban J connectivity index is 1.92. The van der Waals surface area contributed by atoms with Crippen molar-refractivity contribution in [3.8, 4) is 5.75 Å². The number of carbonyl (C=O) groups excluding carboxylic acids is 1. The molecule has 0 atom stereocenters. The zero-order valence-electron chi connectivity index (χ0n) is 17.2. The molecule has 7 nitrogen and oxygen atoms in total. The molecule has 0 unspecified atom stereocenters. The number of hydrogen-bond donors (Lipinski definition) is 2. The van der Waals surface area contributed by atoms with E-state index in [1.807, 2.05) is 13.8 Å². The first-order valence-corrected chi connectivity index (χ1v) is 11.3. The summed E-state index contributed by atoms with van der Waals surface area (Å²) in [5.74, 6) is -0.112. The van der Waals surface area contributed by atoms with E-state index in [1.165, 1.54) is 25.4 Å². The van der Waals surface area contributed by atoms with Crippen LogP contribution in [0.3, 0.4) is 0 Å². The van der Waals surface area contributed by atoms with Crippen LogP contribution in [-0.4, -0.2) is 26.4 Å². The van der Waals surface area contributed by atoms with Crippen molar-refractivity contribution < 1.29 is 17.9 Å². The molecule has 3 rings (SSSR count). The Morgan fingerprint density at radius 3 is 2.39 bits per heavy atom. The third-order valence-corrected chi connectivity index (χ3v) is 6.18. The zero-order chi connectivity index (χ0) is 22.6. The lowest BCUT2D eigenvalue weighted by molar-refractivity contribution is 0.102. The van der Waals surface area contributed by atoms with E-state index in [0.717, 1.165) is 5.56 Å². The lowest BCUT2D eigenvalue weighted by Crippen LogP contribution is -2.17. The average Bonchev–Trinajstić information content (AvgIpc) is 2.75. The van der Waals surface area contributed by atoms with Crippen LogP contribution in [0.1, 0.15) is 35.7 Å². The van der Waals surface area contributed by atoms with Crippen LogP contribution in [0.15, 0.2) is 65.8 Å². The molecule has 2 aromatic carbocycles. The van der Waals surface area contributed by atoms with E-state index in [9.17, 15) is 13.2 Å². The van der Waals surface area contributed by atoms with E-state index in [4.69, 9.17) is 16.3 Å². The number of halogens is 1. The Kier molecular flexibility index (Phi) is 6.82. The molecule has 0 aliphatic heterocycles. The normalized spacial score (nSPS) is 11.3. The van der Waals surface area contributed by atoms with E-state index >= 15 is 0 Å². The maximum Gasteiger partial charge on any atom is 0.265 e. The molecule has 0 aliphatic carbocycles. The number of methoxy groups -OCH3 is 1. The SMILES string of the molecule is COc1ccc(NC(=O)c2cnccc2C(C)C)cc1S(=O)(=O)Nc1ccc(Cl)cc1. The van der Waals surface area contributed by atoms with Crippen molar-refractivity contribution >= 4 is 38.9 Å². The first-order valence-electron chi connectivity index (χ1n) is 9.43. The van der Waals surface area contributed by atoms with Gasteiger partial charge in [-0.25, -0.2) is 8.42 Å². The molecule has 0 spiro atoms. The van der Waals surface area contributed by atoms with Crippen molar-refractivity contribution in [3.05, 3.63) is 77.1 Å². The molecular formula is C22H22ClN3O4S. The predicted octanol–water partition coefficient (Wildman–Crippen LogP) is 4.92. The Hall–Kier alpha value is -3.10. The molecule has 0 saturated heterocycles. The van der Waals surface area contributed by atoms with E-state index < -0.39 is 10.0 Å². The van der Waals surface area contributed by atoms with E-state index in [2.05, 4.69) is 15.0 Å². The van der Waals surface area contributed by atoms with Crippen LogP contribution in [0.5, 0.6) is 5.75 Å². The van der Waals surface area contributed by atoms with Crippen LogP contribution in [0, 0.1) is 0 Å². The second kappa shape index (κ2) is 9.36. The molecule has 1 heterocycles. The molecule has 1 aromatic heterocycles. The van der Waals surface area contributed by atoms with Crippen LogP contribution >= 0.6 is 11.6 Å². The number of nitrogens with zero attached hydrogens (tertiary/aromatic N) is 1. The van der Waals surface area contributed by atoms with Crippen LogP contribution in [-0.2, 0) is 10.0 Å². The van der Waals surface area contributed by atoms with Gasteiger partial charge in [0.1, 0.15) is 10.6 Å². The summed E-state index contributed by atoms with van der Waals surface area (Å²) < 4.78 is 33.6. The Labute approximate surface area is 186 Å². The second-order valence-electron chi connectivity index (χ2n) is 7.05. The summed E-state index contributed by atoms with van der Waals surface area (Å²) in [4.78, 5) is 16.7. The maximum atomic E-state index is 13.0. The summed E-state index contributed by atoms with van der Waals surface area (Å²) in [6.07, 6.45) is 3.13. The predicted molar refractivity (Wildman–Crippen MR) is 122 cm³/mol. The van der Waals surface area contributed by atoms with Gasteiger partial charge in [-0.2, -0.15) is 0 Å². The number of pyridine rings is 1. The minimum atomic E-state index is -4.00. The second-order valence-corrected chi connectivity index (χ2v) is 9.14. The smallest absolute Gasteiger partial charge is 0.265 e. The van der Waals surface area contributed by atoms with Crippen molar-refractivity contribution in [3.63, 3.8) is 0 Å². The van der Waals surface area contributed by atoms with Gasteiger partial charge in [0, 0.05) is 28.8 Å². The number of anilines is 2. The third-order valence-electron chi connectivity index (χ3n) is 4.53. The third kappa shape index (κ3) is 5.34. The van der Waals surface area contributed by atoms with Gasteiger partial charge < -0.3 is 10.1 Å². The fourth-order valence-corrected chi connectivity index (χ4v) is 4.37. The van der Waals surface area contributed by atoms with Gasteiger partial charge in [-0.15, -0.1) is 0 Å². The summed E-state index contributed by atoms with van der Waals surface area (Å²) in [5, 5.41) is 3.23. The molecule has 3 aromatic rings. The number of hydrogen-bond acceptors (Lipinski definition) is 5. The van der Waals surface area contributed by atoms with Gasteiger partial charge >= 0.3 is 0 Å². The molecule has 0 fully saturated rings. The summed E-state index contributed by atoms with van der Waals surface area (Å²) in [5.41, 5.74) is 1.92. The standard InChI is InChI=1S/C22H22ClN3O4S/c1-14(2)18-10-11-24-13-19(18)22(27)25-17-8-9-20(30-3)21(12-17)31(28,29)26-16-6-4-15(23)5-7-16/h4-14,26H,1-3H3,(H,25,27). The van der Waals surface area contributed by atoms with Crippen molar-refractivity contribution in [1.29, 1.82) is 0 Å². The molecule has 162 valence electrons. The molecule has 0 bridgehead atoms. The van der Waals surface area contributed by atoms with E-state index in [-0.39, 0.29) is 22.5 Å². The highest BCUT2D eigenvalue weighted by Gasteiger charge is 2.22. The summed E-state index contributed by atoms with van der Waals surface area (Å²) in [7, 11) is -2.62. The quantitative estimate of drug-likeness (QED) is 0.522. The Morgan fingerprint density at radius 1 is 1.06 bits per heavy atom. The fraction of sp³-hybridized carbons (Fsp3) is 0.182. The first-order chi connectivity index (χ1) is 14.7. The summed E-state index contributed by atoms with van der Waals surface area (Å²) in [6.45, 7) is 3.96. The van der Waals surface area contributed by atoms with Gasteiger partial charge in [0.2, 0.25) is 0 Å². The lowest BCUT2D eigenvalue weighted by Gasteiger charge is -2.15. The molecule has 0 aliphatic rings. The van der Waals surface area contributed by atoms with Crippen molar-refractivity contribution in [2.75, 3.05) is 17.1 Å². The summed E-state index contributed by atoms with van der Waals surface area (Å²) in [6, 6.07) is 12.4. The zero-order valence-corrected chi connectivity index (χ0v) is 18.8. The molecule has 2 N–H and O–H groups in total. The van der Waals surface area contributed by atoms with Crippen molar-refractivity contribution in [2.24, 2.45) is 0 Å². The van der Waals surface area contributed by atoms with Crippen LogP contribution < -0.4 is 14.8 Å². The number of benzene rings is 2. The number of nitrogens with one attached hydrogen (secondary N) is 2. The van der Waals surface area contributed by atoms with E-state index in [0.29, 0.717) is 22.0 Å². The van der Waals surface area contributed by atoms with Gasteiger partial charge in [0.05, 0.1) is 12.7 Å². The van der Waals surface area contributed by atoms with Crippen LogP contribution in [0.2, 0.25) is 5.02 Å². The first kappa shape index (κ1) is 22.6. The van der Waals surface area contributed by atoms with Crippen molar-refractivity contribution in [2.45, 2.75) is 24.7 Å². The molecular weight excluding hydrogens is 438 g/mol. The van der Waals surface area contributed by atoms with Gasteiger partial charge in [0.25, 0.3) is 15.9 Å². The molecule has 0 saturated carbocycles. The molecule has 0 radical (unpaired) electrons. The lowest BCUT2D eigenvalue weighted by atomic mass is 9.99. The number of rotatable bonds is 7.